The molecule has 2 N–H and O–H groups in total. The fraction of sp³-hybridized carbons (Fsp3) is 0.105. The van der Waals surface area contributed by atoms with E-state index >= 15 is 0 Å². The van der Waals surface area contributed by atoms with Gasteiger partial charge in [-0.05, 0) is 48.9 Å². The van der Waals surface area contributed by atoms with Crippen LogP contribution in [-0.2, 0) is 6.18 Å². The van der Waals surface area contributed by atoms with E-state index in [-0.39, 0.29) is 11.8 Å². The molecule has 8 heteroatoms. The number of aryl methyl sites for hydroxylation is 1. The van der Waals surface area contributed by atoms with E-state index in [1.165, 1.54) is 24.3 Å². The first-order valence-corrected chi connectivity index (χ1v) is 7.90. The maximum Gasteiger partial charge on any atom is 0.421 e. The zero-order chi connectivity index (χ0) is 19.4. The number of hydrogen-bond acceptors (Lipinski definition) is 5. The number of rotatable bonds is 4. The summed E-state index contributed by atoms with van der Waals surface area (Å²) in [7, 11) is 0. The molecule has 0 aliphatic carbocycles. The SMILES string of the molecule is Cc1cccc(Nc2ncc(C(F)(F)F)c(Nc3ccc(C#N)cc3)n2)c1. The number of nitriles is 1. The molecule has 0 fully saturated rings. The lowest BCUT2D eigenvalue weighted by Gasteiger charge is -2.15. The fourth-order valence-electron chi connectivity index (χ4n) is 2.36. The minimum Gasteiger partial charge on any atom is -0.340 e. The summed E-state index contributed by atoms with van der Waals surface area (Å²) in [6.45, 7) is 1.90. The van der Waals surface area contributed by atoms with Crippen molar-refractivity contribution < 1.29 is 13.2 Å². The van der Waals surface area contributed by atoms with Gasteiger partial charge in [0.25, 0.3) is 0 Å². The Bertz CT molecular complexity index is 991. The van der Waals surface area contributed by atoms with Crippen LogP contribution < -0.4 is 10.6 Å². The van der Waals surface area contributed by atoms with Crippen LogP contribution in [-0.4, -0.2) is 9.97 Å². The highest BCUT2D eigenvalue weighted by Crippen LogP contribution is 2.35. The summed E-state index contributed by atoms with van der Waals surface area (Å²) in [6.07, 6.45) is -3.88. The minimum absolute atomic E-state index is 0.0322. The third kappa shape index (κ3) is 4.52. The van der Waals surface area contributed by atoms with Crippen LogP contribution in [0.4, 0.5) is 36.3 Å². The molecule has 27 heavy (non-hydrogen) atoms. The number of nitrogens with zero attached hydrogens (tertiary/aromatic N) is 3. The zero-order valence-corrected chi connectivity index (χ0v) is 14.2. The summed E-state index contributed by atoms with van der Waals surface area (Å²) in [4.78, 5) is 7.76. The van der Waals surface area contributed by atoms with Crippen LogP contribution in [0.25, 0.3) is 0 Å². The molecule has 3 aromatic rings. The molecule has 0 spiro atoms. The monoisotopic (exact) mass is 369 g/mol. The quantitative estimate of drug-likeness (QED) is 0.664. The average Bonchev–Trinajstić information content (AvgIpc) is 2.61. The van der Waals surface area contributed by atoms with E-state index in [9.17, 15) is 13.2 Å². The van der Waals surface area contributed by atoms with Crippen molar-refractivity contribution >= 4 is 23.1 Å². The summed E-state index contributed by atoms with van der Waals surface area (Å²) in [5.74, 6) is -0.345. The first kappa shape index (κ1) is 18.2. The molecular weight excluding hydrogens is 355 g/mol. The third-order valence-corrected chi connectivity index (χ3v) is 3.65. The van der Waals surface area contributed by atoms with Gasteiger partial charge in [0.05, 0.1) is 11.6 Å². The molecular formula is C19H14F3N5. The second-order valence-corrected chi connectivity index (χ2v) is 5.76. The summed E-state index contributed by atoms with van der Waals surface area (Å²) >= 11 is 0. The lowest BCUT2D eigenvalue weighted by Crippen LogP contribution is -2.12. The maximum absolute atomic E-state index is 13.3. The van der Waals surface area contributed by atoms with Gasteiger partial charge in [0.1, 0.15) is 11.4 Å². The first-order chi connectivity index (χ1) is 12.8. The van der Waals surface area contributed by atoms with E-state index in [4.69, 9.17) is 5.26 Å². The second kappa shape index (κ2) is 7.33. The van der Waals surface area contributed by atoms with Crippen LogP contribution in [0.2, 0.25) is 0 Å². The van der Waals surface area contributed by atoms with Gasteiger partial charge < -0.3 is 10.6 Å². The van der Waals surface area contributed by atoms with Crippen LogP contribution in [0, 0.1) is 18.3 Å². The second-order valence-electron chi connectivity index (χ2n) is 5.76. The lowest BCUT2D eigenvalue weighted by atomic mass is 10.2. The molecule has 0 aliphatic heterocycles. The van der Waals surface area contributed by atoms with Crippen molar-refractivity contribution in [2.45, 2.75) is 13.1 Å². The molecule has 1 heterocycles. The Kier molecular flexibility index (Phi) is 4.94. The number of nitrogens with one attached hydrogen (secondary N) is 2. The van der Waals surface area contributed by atoms with Gasteiger partial charge in [-0.15, -0.1) is 0 Å². The Labute approximate surface area is 153 Å². The summed E-state index contributed by atoms with van der Waals surface area (Å²) in [6, 6.07) is 15.3. The van der Waals surface area contributed by atoms with E-state index in [2.05, 4.69) is 20.6 Å². The molecule has 0 radical (unpaired) electrons. The Morgan fingerprint density at radius 2 is 1.74 bits per heavy atom. The van der Waals surface area contributed by atoms with Crippen LogP contribution in [0.1, 0.15) is 16.7 Å². The maximum atomic E-state index is 13.3. The zero-order valence-electron chi connectivity index (χ0n) is 14.2. The molecule has 0 saturated carbocycles. The molecule has 0 saturated heterocycles. The molecule has 0 aliphatic rings. The van der Waals surface area contributed by atoms with Gasteiger partial charge in [-0.25, -0.2) is 4.98 Å². The van der Waals surface area contributed by atoms with E-state index < -0.39 is 11.7 Å². The fourth-order valence-corrected chi connectivity index (χ4v) is 2.36. The van der Waals surface area contributed by atoms with Gasteiger partial charge in [-0.2, -0.15) is 23.4 Å². The van der Waals surface area contributed by atoms with Crippen molar-refractivity contribution in [3.8, 4) is 6.07 Å². The highest BCUT2D eigenvalue weighted by atomic mass is 19.4. The predicted molar refractivity (Wildman–Crippen MR) is 95.9 cm³/mol. The predicted octanol–water partition coefficient (Wildman–Crippen LogP) is 5.16. The van der Waals surface area contributed by atoms with Gasteiger partial charge in [0.15, 0.2) is 0 Å². The third-order valence-electron chi connectivity index (χ3n) is 3.65. The van der Waals surface area contributed by atoms with Crippen molar-refractivity contribution in [1.29, 1.82) is 5.26 Å². The van der Waals surface area contributed by atoms with E-state index in [0.29, 0.717) is 16.9 Å². The molecule has 5 nitrogen and oxygen atoms in total. The van der Waals surface area contributed by atoms with Gasteiger partial charge in [0, 0.05) is 17.6 Å². The van der Waals surface area contributed by atoms with Gasteiger partial charge in [-0.1, -0.05) is 12.1 Å². The van der Waals surface area contributed by atoms with Crippen LogP contribution >= 0.6 is 0 Å². The van der Waals surface area contributed by atoms with Crippen LogP contribution in [0.3, 0.4) is 0 Å². The molecule has 0 unspecified atom stereocenters. The first-order valence-electron chi connectivity index (χ1n) is 7.90. The average molecular weight is 369 g/mol. The van der Waals surface area contributed by atoms with Gasteiger partial charge >= 0.3 is 6.18 Å². The Balaban J connectivity index is 1.94. The van der Waals surface area contributed by atoms with E-state index in [1.807, 2.05) is 31.2 Å². The van der Waals surface area contributed by atoms with E-state index in [1.54, 1.807) is 6.07 Å². The number of aromatic nitrogens is 2. The number of benzene rings is 2. The normalized spacial score (nSPS) is 10.9. The lowest BCUT2D eigenvalue weighted by molar-refractivity contribution is -0.137. The van der Waals surface area contributed by atoms with Gasteiger partial charge in [-0.3, -0.25) is 0 Å². The number of halogens is 3. The van der Waals surface area contributed by atoms with Crippen LogP contribution in [0.5, 0.6) is 0 Å². The molecule has 2 aromatic carbocycles. The molecule has 136 valence electrons. The summed E-state index contributed by atoms with van der Waals surface area (Å²) < 4.78 is 39.9. The summed E-state index contributed by atoms with van der Waals surface area (Å²) in [5, 5.41) is 14.4. The topological polar surface area (TPSA) is 73.6 Å². The molecule has 0 amide bonds. The molecule has 0 bridgehead atoms. The summed E-state index contributed by atoms with van der Waals surface area (Å²) in [5.41, 5.74) is 1.45. The smallest absolute Gasteiger partial charge is 0.340 e. The molecule has 1 aromatic heterocycles. The van der Waals surface area contributed by atoms with Crippen molar-refractivity contribution in [2.75, 3.05) is 10.6 Å². The number of hydrogen-bond donors (Lipinski definition) is 2. The standard InChI is InChI=1S/C19H14F3N5/c1-12-3-2-4-15(9-12)26-18-24-11-16(19(20,21)22)17(27-18)25-14-7-5-13(10-23)6-8-14/h2-9,11H,1H3,(H2,24,25,26,27). The molecule has 3 rings (SSSR count). The Morgan fingerprint density at radius 3 is 2.37 bits per heavy atom. The van der Waals surface area contributed by atoms with Gasteiger partial charge in [0.2, 0.25) is 5.95 Å². The number of anilines is 4. The highest BCUT2D eigenvalue weighted by molar-refractivity contribution is 5.63. The molecule has 0 atom stereocenters. The van der Waals surface area contributed by atoms with Crippen LogP contribution in [0.15, 0.2) is 54.7 Å². The highest BCUT2D eigenvalue weighted by Gasteiger charge is 2.35. The Morgan fingerprint density at radius 1 is 1.00 bits per heavy atom. The van der Waals surface area contributed by atoms with Crippen molar-refractivity contribution in [2.24, 2.45) is 0 Å². The van der Waals surface area contributed by atoms with Crippen molar-refractivity contribution in [3.05, 3.63) is 71.4 Å². The largest absolute Gasteiger partial charge is 0.421 e. The van der Waals surface area contributed by atoms with E-state index in [0.717, 1.165) is 11.8 Å². The number of alkyl halides is 3. The Hall–Kier alpha value is -3.60. The van der Waals surface area contributed by atoms with Crippen molar-refractivity contribution in [1.82, 2.24) is 9.97 Å². The van der Waals surface area contributed by atoms with Crippen molar-refractivity contribution in [3.63, 3.8) is 0 Å². The minimum atomic E-state index is -4.61.